The molecule has 0 radical (unpaired) electrons. The molecule has 0 saturated carbocycles. The van der Waals surface area contributed by atoms with E-state index in [0.29, 0.717) is 5.88 Å². The molecule has 5 heteroatoms. The molecule has 2 N–H and O–H groups in total. The average molecular weight is 260 g/mol. The molecule has 3 heterocycles. The minimum atomic E-state index is 0.613. The fourth-order valence-electron chi connectivity index (χ4n) is 2.67. The van der Waals surface area contributed by atoms with E-state index in [9.17, 15) is 0 Å². The lowest BCUT2D eigenvalue weighted by Gasteiger charge is -2.22. The summed E-state index contributed by atoms with van der Waals surface area (Å²) >= 11 is 0. The maximum Gasteiger partial charge on any atom is 0.215 e. The van der Waals surface area contributed by atoms with Crippen molar-refractivity contribution in [3.8, 4) is 5.88 Å². The van der Waals surface area contributed by atoms with Gasteiger partial charge in [-0.1, -0.05) is 0 Å². The van der Waals surface area contributed by atoms with E-state index < -0.39 is 0 Å². The molecule has 0 aromatic carbocycles. The van der Waals surface area contributed by atoms with Gasteiger partial charge in [0.25, 0.3) is 0 Å². The molecule has 5 nitrogen and oxygen atoms in total. The minimum absolute atomic E-state index is 0.613. The summed E-state index contributed by atoms with van der Waals surface area (Å²) in [5.41, 5.74) is 1.73. The largest absolute Gasteiger partial charge is 0.481 e. The van der Waals surface area contributed by atoms with Gasteiger partial charge in [0.05, 0.1) is 12.6 Å². The highest BCUT2D eigenvalue weighted by atomic mass is 16.5. The number of piperidine rings is 1. The molecule has 102 valence electrons. The number of aryl methyl sites for hydroxylation is 1. The second-order valence-corrected chi connectivity index (χ2v) is 5.16. The first-order valence-electron chi connectivity index (χ1n) is 6.95. The molecule has 1 unspecified atom stereocenters. The van der Waals surface area contributed by atoms with Crippen molar-refractivity contribution in [3.05, 3.63) is 18.0 Å². The fourth-order valence-corrected chi connectivity index (χ4v) is 2.67. The topological polar surface area (TPSA) is 62.8 Å². The van der Waals surface area contributed by atoms with Gasteiger partial charge in [-0.3, -0.25) is 0 Å². The van der Waals surface area contributed by atoms with Crippen LogP contribution >= 0.6 is 0 Å². The summed E-state index contributed by atoms with van der Waals surface area (Å²) in [4.78, 5) is 12.2. The van der Waals surface area contributed by atoms with Gasteiger partial charge in [-0.05, 0) is 44.3 Å². The molecule has 19 heavy (non-hydrogen) atoms. The van der Waals surface area contributed by atoms with E-state index in [2.05, 4.69) is 20.3 Å². The molecule has 2 aromatic heterocycles. The maximum absolute atomic E-state index is 5.11. The monoisotopic (exact) mass is 260 g/mol. The number of imidazole rings is 1. The van der Waals surface area contributed by atoms with Crippen LogP contribution in [0.5, 0.6) is 5.88 Å². The number of hydrogen-bond donors (Lipinski definition) is 2. The van der Waals surface area contributed by atoms with Crippen LogP contribution in [0.15, 0.2) is 12.1 Å². The minimum Gasteiger partial charge on any atom is -0.481 e. The number of aromatic nitrogens is 3. The number of H-pyrrole nitrogens is 1. The van der Waals surface area contributed by atoms with Gasteiger partial charge >= 0.3 is 0 Å². The fraction of sp³-hybridized carbons (Fsp3) is 0.571. The van der Waals surface area contributed by atoms with Gasteiger partial charge in [0.15, 0.2) is 5.65 Å². The van der Waals surface area contributed by atoms with Crippen molar-refractivity contribution in [1.82, 2.24) is 20.3 Å². The molecule has 0 aliphatic carbocycles. The van der Waals surface area contributed by atoms with Crippen molar-refractivity contribution in [3.63, 3.8) is 0 Å². The van der Waals surface area contributed by atoms with Crippen LogP contribution in [0.25, 0.3) is 11.2 Å². The van der Waals surface area contributed by atoms with Crippen LogP contribution in [0.4, 0.5) is 0 Å². The normalized spacial score (nSPS) is 19.7. The van der Waals surface area contributed by atoms with Gasteiger partial charge in [0.1, 0.15) is 5.82 Å². The van der Waals surface area contributed by atoms with E-state index in [4.69, 9.17) is 4.74 Å². The SMILES string of the molecule is COc1ccc2[nH]c(CCC3CCCNC3)nc2n1. The Balaban J connectivity index is 1.67. The Labute approximate surface area is 112 Å². The maximum atomic E-state index is 5.11. The number of methoxy groups -OCH3 is 1. The second kappa shape index (κ2) is 5.57. The van der Waals surface area contributed by atoms with Gasteiger partial charge in [-0.15, -0.1) is 0 Å². The summed E-state index contributed by atoms with van der Waals surface area (Å²) in [6, 6.07) is 3.83. The molecular weight excluding hydrogens is 240 g/mol. The average Bonchev–Trinajstić information content (AvgIpc) is 2.88. The van der Waals surface area contributed by atoms with Crippen LogP contribution in [0.3, 0.4) is 0 Å². The third kappa shape index (κ3) is 2.87. The summed E-state index contributed by atoms with van der Waals surface area (Å²) in [5.74, 6) is 2.42. The van der Waals surface area contributed by atoms with Gasteiger partial charge in [0, 0.05) is 12.5 Å². The quantitative estimate of drug-likeness (QED) is 0.881. The third-order valence-corrected chi connectivity index (χ3v) is 3.77. The first-order chi connectivity index (χ1) is 9.35. The molecule has 0 spiro atoms. The number of ether oxygens (including phenoxy) is 1. The summed E-state index contributed by atoms with van der Waals surface area (Å²) in [6.45, 7) is 2.32. The molecule has 2 aromatic rings. The van der Waals surface area contributed by atoms with Gasteiger partial charge < -0.3 is 15.0 Å². The lowest BCUT2D eigenvalue weighted by molar-refractivity contribution is 0.356. The van der Waals surface area contributed by atoms with Crippen LogP contribution < -0.4 is 10.1 Å². The number of nitrogens with zero attached hydrogens (tertiary/aromatic N) is 2. The molecule has 1 saturated heterocycles. The standard InChI is InChI=1S/C14H20N4O/c1-19-13-7-5-11-14(18-13)17-12(16-11)6-4-10-3-2-8-15-9-10/h5,7,10,15H,2-4,6,8-9H2,1H3,(H,16,17,18). The Morgan fingerprint density at radius 2 is 2.32 bits per heavy atom. The van der Waals surface area contributed by atoms with Crippen LogP contribution in [-0.4, -0.2) is 35.2 Å². The Morgan fingerprint density at radius 1 is 1.37 bits per heavy atom. The first kappa shape index (κ1) is 12.4. The first-order valence-corrected chi connectivity index (χ1v) is 6.95. The van der Waals surface area contributed by atoms with Gasteiger partial charge in [0.2, 0.25) is 5.88 Å². The van der Waals surface area contributed by atoms with Crippen molar-refractivity contribution in [2.75, 3.05) is 20.2 Å². The zero-order valence-corrected chi connectivity index (χ0v) is 11.3. The van der Waals surface area contributed by atoms with Gasteiger partial charge in [-0.2, -0.15) is 4.98 Å². The number of nitrogens with one attached hydrogen (secondary N) is 2. The Bertz CT molecular complexity index is 545. The van der Waals surface area contributed by atoms with Crippen LogP contribution in [0.2, 0.25) is 0 Å². The Hall–Kier alpha value is -1.62. The zero-order valence-electron chi connectivity index (χ0n) is 11.3. The highest BCUT2D eigenvalue weighted by molar-refractivity contribution is 5.71. The lowest BCUT2D eigenvalue weighted by atomic mass is 9.95. The van der Waals surface area contributed by atoms with Crippen molar-refractivity contribution < 1.29 is 4.74 Å². The molecule has 1 atom stereocenters. The lowest BCUT2D eigenvalue weighted by Crippen LogP contribution is -2.29. The van der Waals surface area contributed by atoms with E-state index in [1.54, 1.807) is 7.11 Å². The zero-order chi connectivity index (χ0) is 13.1. The molecule has 1 fully saturated rings. The van der Waals surface area contributed by atoms with Crippen molar-refractivity contribution >= 4 is 11.2 Å². The van der Waals surface area contributed by atoms with Crippen LogP contribution in [-0.2, 0) is 6.42 Å². The number of aromatic amines is 1. The highest BCUT2D eigenvalue weighted by Crippen LogP contribution is 2.18. The van der Waals surface area contributed by atoms with E-state index >= 15 is 0 Å². The summed E-state index contributed by atoms with van der Waals surface area (Å²) in [6.07, 6.45) is 4.80. The van der Waals surface area contributed by atoms with Gasteiger partial charge in [-0.25, -0.2) is 4.98 Å². The molecule has 1 aliphatic heterocycles. The van der Waals surface area contributed by atoms with E-state index in [0.717, 1.165) is 35.9 Å². The summed E-state index contributed by atoms with van der Waals surface area (Å²) in [5, 5.41) is 3.45. The third-order valence-electron chi connectivity index (χ3n) is 3.77. The smallest absolute Gasteiger partial charge is 0.215 e. The molecular formula is C14H20N4O. The van der Waals surface area contributed by atoms with Crippen LogP contribution in [0, 0.1) is 5.92 Å². The Morgan fingerprint density at radius 3 is 3.11 bits per heavy atom. The highest BCUT2D eigenvalue weighted by Gasteiger charge is 2.14. The number of hydrogen-bond acceptors (Lipinski definition) is 4. The summed E-state index contributed by atoms with van der Waals surface area (Å²) in [7, 11) is 1.62. The van der Waals surface area contributed by atoms with Crippen LogP contribution in [0.1, 0.15) is 25.1 Å². The Kier molecular flexibility index (Phi) is 3.64. The van der Waals surface area contributed by atoms with E-state index in [1.807, 2.05) is 12.1 Å². The predicted molar refractivity (Wildman–Crippen MR) is 74.4 cm³/mol. The van der Waals surface area contributed by atoms with E-state index in [1.165, 1.54) is 25.8 Å². The number of fused-ring (bicyclic) bond motifs is 1. The predicted octanol–water partition coefficient (Wildman–Crippen LogP) is 1.90. The molecule has 0 bridgehead atoms. The summed E-state index contributed by atoms with van der Waals surface area (Å²) < 4.78 is 5.11. The van der Waals surface area contributed by atoms with Crippen molar-refractivity contribution in [1.29, 1.82) is 0 Å². The van der Waals surface area contributed by atoms with Crippen molar-refractivity contribution in [2.24, 2.45) is 5.92 Å². The molecule has 0 amide bonds. The second-order valence-electron chi connectivity index (χ2n) is 5.16. The van der Waals surface area contributed by atoms with Crippen molar-refractivity contribution in [2.45, 2.75) is 25.7 Å². The molecule has 1 aliphatic rings. The number of rotatable bonds is 4. The van der Waals surface area contributed by atoms with E-state index in [-0.39, 0.29) is 0 Å². The molecule has 3 rings (SSSR count). The number of pyridine rings is 1.